The molecule has 0 aromatic carbocycles. The highest BCUT2D eigenvalue weighted by atomic mass is 32.1. The fourth-order valence-corrected chi connectivity index (χ4v) is 0.623. The van der Waals surface area contributed by atoms with Crippen molar-refractivity contribution in [3.8, 4) is 0 Å². The van der Waals surface area contributed by atoms with Gasteiger partial charge in [-0.1, -0.05) is 12.6 Å². The number of hydrogen-bond donors (Lipinski definition) is 2. The minimum atomic E-state index is -1.37. The van der Waals surface area contributed by atoms with Crippen LogP contribution in [0.5, 0.6) is 0 Å². The van der Waals surface area contributed by atoms with Gasteiger partial charge in [0.25, 0.3) is 11.1 Å². The smallest absolute Gasteiger partial charge is 0.287 e. The maximum atomic E-state index is 10.0. The zero-order valence-electron chi connectivity index (χ0n) is 5.78. The fraction of sp³-hybridized carbons (Fsp3) is 0.500. The van der Waals surface area contributed by atoms with E-state index in [-0.39, 0.29) is 6.26 Å². The van der Waals surface area contributed by atoms with Crippen molar-refractivity contribution >= 4 is 12.6 Å². The van der Waals surface area contributed by atoms with Crippen LogP contribution in [0.25, 0.3) is 0 Å². The molecule has 0 saturated carbocycles. The predicted octanol–water partition coefficient (Wildman–Crippen LogP) is 0.585. The molecule has 1 unspecified atom stereocenters. The minimum Gasteiger partial charge on any atom is -0.509 e. The Hall–Kier alpha value is -1.31. The maximum absolute atomic E-state index is 10.0. The molecular weight excluding hydrogens is 188 g/mol. The lowest BCUT2D eigenvalue weighted by molar-refractivity contribution is -0.503. The molecule has 1 atom stereocenters. The second kappa shape index (κ2) is 4.54. The summed E-state index contributed by atoms with van der Waals surface area (Å²) in [6, 6.07) is 0. The van der Waals surface area contributed by atoms with Crippen molar-refractivity contribution < 1.29 is 15.0 Å². The van der Waals surface area contributed by atoms with Gasteiger partial charge in [0.05, 0.1) is 4.92 Å². The molecule has 0 heterocycles. The van der Waals surface area contributed by atoms with Gasteiger partial charge < -0.3 is 5.11 Å². The first kappa shape index (κ1) is 10.7. The van der Waals surface area contributed by atoms with E-state index in [4.69, 9.17) is 5.11 Å². The lowest BCUT2D eigenvalue weighted by atomic mass is 10.3. The van der Waals surface area contributed by atoms with Gasteiger partial charge in [0.15, 0.2) is 6.26 Å². The van der Waals surface area contributed by atoms with Crippen LogP contribution >= 0.6 is 12.6 Å². The third kappa shape index (κ3) is 3.19. The van der Waals surface area contributed by atoms with Gasteiger partial charge >= 0.3 is 0 Å². The fourth-order valence-electron chi connectivity index (χ4n) is 0.436. The lowest BCUT2D eigenvalue weighted by Gasteiger charge is -1.98. The zero-order chi connectivity index (χ0) is 9.72. The summed E-state index contributed by atoms with van der Waals surface area (Å²) in [5, 5.41) is 26.9. The van der Waals surface area contributed by atoms with E-state index in [0.717, 1.165) is 0 Å². The van der Waals surface area contributed by atoms with Crippen LogP contribution in [0.1, 0.15) is 6.42 Å². The summed E-state index contributed by atoms with van der Waals surface area (Å²) in [4.78, 5) is 18.3. The second-order valence-corrected chi connectivity index (χ2v) is 2.44. The first-order valence-corrected chi connectivity index (χ1v) is 3.30. The average Bonchev–Trinajstić information content (AvgIpc) is 1.98. The SMILES string of the molecule is O=[N+]([O-])C(=CO)CC(S)[N+](=O)[O-]. The molecule has 0 aromatic heterocycles. The molecule has 0 aliphatic rings. The Balaban J connectivity index is 4.23. The molecule has 0 aliphatic carbocycles. The first-order valence-electron chi connectivity index (χ1n) is 2.78. The molecule has 12 heavy (non-hydrogen) atoms. The molecule has 68 valence electrons. The summed E-state index contributed by atoms with van der Waals surface area (Å²) < 4.78 is 0. The largest absolute Gasteiger partial charge is 0.509 e. The standard InChI is InChI=1S/C4H6N2O5S/c7-2-3(5(8)9)1-4(12)6(10)11/h2,4,7,12H,1H2. The van der Waals surface area contributed by atoms with Crippen LogP contribution in [-0.4, -0.2) is 20.3 Å². The van der Waals surface area contributed by atoms with Crippen LogP contribution in [-0.2, 0) is 0 Å². The number of aliphatic hydroxyl groups excluding tert-OH is 1. The van der Waals surface area contributed by atoms with Crippen LogP contribution in [0.3, 0.4) is 0 Å². The minimum absolute atomic E-state index is 0.229. The van der Waals surface area contributed by atoms with E-state index in [1.165, 1.54) is 0 Å². The summed E-state index contributed by atoms with van der Waals surface area (Å²) in [5.74, 6) is 0. The van der Waals surface area contributed by atoms with Crippen molar-refractivity contribution in [1.82, 2.24) is 0 Å². The van der Waals surface area contributed by atoms with Crippen LogP contribution in [0.2, 0.25) is 0 Å². The molecule has 1 N–H and O–H groups in total. The van der Waals surface area contributed by atoms with Crippen molar-refractivity contribution in [2.24, 2.45) is 0 Å². The van der Waals surface area contributed by atoms with Crippen molar-refractivity contribution in [3.63, 3.8) is 0 Å². The molecular formula is C4H6N2O5S. The molecule has 7 nitrogen and oxygen atoms in total. The summed E-state index contributed by atoms with van der Waals surface area (Å²) in [6.45, 7) is 0. The van der Waals surface area contributed by atoms with E-state index < -0.39 is 27.3 Å². The molecule has 0 radical (unpaired) electrons. The molecule has 0 aliphatic heterocycles. The highest BCUT2D eigenvalue weighted by Crippen LogP contribution is 2.10. The Kier molecular flexibility index (Phi) is 4.05. The quantitative estimate of drug-likeness (QED) is 0.224. The normalized spacial score (nSPS) is 13.9. The van der Waals surface area contributed by atoms with Crippen molar-refractivity contribution in [1.29, 1.82) is 0 Å². The summed E-state index contributed by atoms with van der Waals surface area (Å²) >= 11 is 3.46. The van der Waals surface area contributed by atoms with Gasteiger partial charge in [0, 0.05) is 4.92 Å². The third-order valence-corrected chi connectivity index (χ3v) is 1.39. The van der Waals surface area contributed by atoms with Gasteiger partial charge in [-0.05, 0) is 0 Å². The molecule has 0 rings (SSSR count). The van der Waals surface area contributed by atoms with E-state index in [1.54, 1.807) is 0 Å². The molecule has 0 saturated heterocycles. The summed E-state index contributed by atoms with van der Waals surface area (Å²) in [7, 11) is 0. The molecule has 0 amide bonds. The maximum Gasteiger partial charge on any atom is 0.287 e. The third-order valence-electron chi connectivity index (χ3n) is 1.02. The Bertz CT molecular complexity index is 227. The lowest BCUT2D eigenvalue weighted by Crippen LogP contribution is -2.15. The second-order valence-electron chi connectivity index (χ2n) is 1.85. The van der Waals surface area contributed by atoms with Crippen molar-refractivity contribution in [2.45, 2.75) is 11.8 Å². The Morgan fingerprint density at radius 2 is 2.08 bits per heavy atom. The van der Waals surface area contributed by atoms with Gasteiger partial charge in [-0.15, -0.1) is 0 Å². The molecule has 0 fully saturated rings. The van der Waals surface area contributed by atoms with E-state index in [0.29, 0.717) is 0 Å². The van der Waals surface area contributed by atoms with Crippen LogP contribution in [0, 0.1) is 20.2 Å². The average molecular weight is 194 g/mol. The van der Waals surface area contributed by atoms with E-state index in [2.05, 4.69) is 12.6 Å². The Morgan fingerprint density at radius 3 is 2.33 bits per heavy atom. The number of nitro groups is 2. The van der Waals surface area contributed by atoms with Gasteiger partial charge in [0.1, 0.15) is 6.42 Å². The van der Waals surface area contributed by atoms with Gasteiger partial charge in [-0.2, -0.15) is 0 Å². The van der Waals surface area contributed by atoms with E-state index >= 15 is 0 Å². The molecule has 0 aromatic rings. The number of hydrogen-bond acceptors (Lipinski definition) is 6. The Labute approximate surface area is 72.4 Å². The van der Waals surface area contributed by atoms with Gasteiger partial charge in [-0.25, -0.2) is 0 Å². The molecule has 8 heteroatoms. The first-order chi connectivity index (χ1) is 5.49. The van der Waals surface area contributed by atoms with Crippen molar-refractivity contribution in [2.75, 3.05) is 0 Å². The van der Waals surface area contributed by atoms with E-state index in [9.17, 15) is 20.2 Å². The topological polar surface area (TPSA) is 107 Å². The molecule has 0 bridgehead atoms. The summed E-state index contributed by atoms with van der Waals surface area (Å²) in [5.41, 5.74) is -0.633. The van der Waals surface area contributed by atoms with E-state index in [1.807, 2.05) is 0 Å². The zero-order valence-corrected chi connectivity index (χ0v) is 6.68. The monoisotopic (exact) mass is 194 g/mol. The predicted molar refractivity (Wildman–Crippen MR) is 42.1 cm³/mol. The van der Waals surface area contributed by atoms with Crippen LogP contribution < -0.4 is 0 Å². The highest BCUT2D eigenvalue weighted by molar-refractivity contribution is 7.80. The van der Waals surface area contributed by atoms with Crippen LogP contribution in [0.4, 0.5) is 0 Å². The summed E-state index contributed by atoms with van der Waals surface area (Å²) in [6.07, 6.45) is -0.285. The Morgan fingerprint density at radius 1 is 1.58 bits per heavy atom. The molecule has 0 spiro atoms. The number of nitrogens with zero attached hydrogens (tertiary/aromatic N) is 2. The number of thiol groups is 1. The number of aliphatic hydroxyl groups is 1. The van der Waals surface area contributed by atoms with Crippen LogP contribution in [0.15, 0.2) is 12.0 Å². The number of rotatable bonds is 4. The van der Waals surface area contributed by atoms with Crippen molar-refractivity contribution in [3.05, 3.63) is 32.2 Å². The van der Waals surface area contributed by atoms with Gasteiger partial charge in [0.2, 0.25) is 0 Å². The highest BCUT2D eigenvalue weighted by Gasteiger charge is 2.23. The van der Waals surface area contributed by atoms with Gasteiger partial charge in [-0.3, -0.25) is 20.2 Å².